The van der Waals surface area contributed by atoms with E-state index in [-0.39, 0.29) is 5.97 Å². The standard InChI is InChI=1S/C23H30N2O2/c1-2-27-23(26)22-12-10-20(11-13-22)9-6-14-24-15-17-25(18-16-24)19-21-7-4-3-5-8-21/h3-5,7-8,10-13H,2,6,9,14-19H2,1H3. The molecule has 0 unspecified atom stereocenters. The minimum Gasteiger partial charge on any atom is -0.462 e. The molecule has 2 aromatic rings. The van der Waals surface area contributed by atoms with E-state index >= 15 is 0 Å². The third kappa shape index (κ3) is 6.19. The monoisotopic (exact) mass is 366 g/mol. The number of hydrogen-bond acceptors (Lipinski definition) is 4. The van der Waals surface area contributed by atoms with Crippen molar-refractivity contribution in [1.29, 1.82) is 0 Å². The van der Waals surface area contributed by atoms with Crippen molar-refractivity contribution in [3.05, 3.63) is 71.3 Å². The van der Waals surface area contributed by atoms with Gasteiger partial charge in [0, 0.05) is 32.7 Å². The minimum atomic E-state index is -0.238. The zero-order valence-electron chi connectivity index (χ0n) is 16.3. The summed E-state index contributed by atoms with van der Waals surface area (Å²) in [6, 6.07) is 18.6. The number of aryl methyl sites for hydroxylation is 1. The fraction of sp³-hybridized carbons (Fsp3) is 0.435. The van der Waals surface area contributed by atoms with Gasteiger partial charge in [0.2, 0.25) is 0 Å². The number of carbonyl (C=O) groups is 1. The number of carbonyl (C=O) groups excluding carboxylic acids is 1. The highest BCUT2D eigenvalue weighted by atomic mass is 16.5. The first-order valence-corrected chi connectivity index (χ1v) is 9.99. The lowest BCUT2D eigenvalue weighted by atomic mass is 10.1. The van der Waals surface area contributed by atoms with Crippen LogP contribution in [0.4, 0.5) is 0 Å². The van der Waals surface area contributed by atoms with Crippen LogP contribution in [0.1, 0.15) is 34.8 Å². The fourth-order valence-electron chi connectivity index (χ4n) is 3.54. The Balaban J connectivity index is 1.35. The smallest absolute Gasteiger partial charge is 0.338 e. The molecule has 1 heterocycles. The summed E-state index contributed by atoms with van der Waals surface area (Å²) in [5.41, 5.74) is 3.32. The van der Waals surface area contributed by atoms with Gasteiger partial charge in [-0.05, 0) is 49.6 Å². The van der Waals surface area contributed by atoms with Crippen molar-refractivity contribution >= 4 is 5.97 Å². The van der Waals surface area contributed by atoms with Crippen LogP contribution in [0.5, 0.6) is 0 Å². The van der Waals surface area contributed by atoms with Crippen molar-refractivity contribution < 1.29 is 9.53 Å². The first kappa shape index (κ1) is 19.6. The van der Waals surface area contributed by atoms with Crippen molar-refractivity contribution in [3.63, 3.8) is 0 Å². The molecule has 1 aliphatic heterocycles. The summed E-state index contributed by atoms with van der Waals surface area (Å²) in [7, 11) is 0. The van der Waals surface area contributed by atoms with Gasteiger partial charge in [-0.15, -0.1) is 0 Å². The summed E-state index contributed by atoms with van der Waals surface area (Å²) in [4.78, 5) is 16.8. The molecule has 0 amide bonds. The van der Waals surface area contributed by atoms with Crippen LogP contribution in [-0.4, -0.2) is 55.1 Å². The lowest BCUT2D eigenvalue weighted by Crippen LogP contribution is -2.46. The topological polar surface area (TPSA) is 32.8 Å². The zero-order valence-corrected chi connectivity index (χ0v) is 16.3. The number of esters is 1. The Bertz CT molecular complexity index is 692. The van der Waals surface area contributed by atoms with Crippen LogP contribution in [-0.2, 0) is 17.7 Å². The Morgan fingerprint density at radius 1 is 0.889 bits per heavy atom. The van der Waals surface area contributed by atoms with Crippen LogP contribution in [0.15, 0.2) is 54.6 Å². The molecular weight excluding hydrogens is 336 g/mol. The number of nitrogens with zero attached hydrogens (tertiary/aromatic N) is 2. The van der Waals surface area contributed by atoms with Crippen LogP contribution in [0.25, 0.3) is 0 Å². The van der Waals surface area contributed by atoms with E-state index in [0.717, 1.165) is 52.1 Å². The molecule has 3 rings (SSSR count). The van der Waals surface area contributed by atoms with Crippen molar-refractivity contribution in [1.82, 2.24) is 9.80 Å². The van der Waals surface area contributed by atoms with E-state index in [1.165, 1.54) is 11.1 Å². The molecule has 1 aliphatic rings. The molecule has 0 spiro atoms. The molecule has 0 saturated carbocycles. The van der Waals surface area contributed by atoms with Gasteiger partial charge in [-0.25, -0.2) is 4.79 Å². The Morgan fingerprint density at radius 3 is 2.22 bits per heavy atom. The summed E-state index contributed by atoms with van der Waals surface area (Å²) in [5.74, 6) is -0.238. The summed E-state index contributed by atoms with van der Waals surface area (Å²) in [6.07, 6.45) is 2.20. The van der Waals surface area contributed by atoms with Gasteiger partial charge in [0.05, 0.1) is 12.2 Å². The molecule has 27 heavy (non-hydrogen) atoms. The molecule has 0 bridgehead atoms. The van der Waals surface area contributed by atoms with Gasteiger partial charge in [-0.1, -0.05) is 42.5 Å². The number of ether oxygens (including phenoxy) is 1. The van der Waals surface area contributed by atoms with Gasteiger partial charge in [-0.3, -0.25) is 4.90 Å². The van der Waals surface area contributed by atoms with Crippen LogP contribution < -0.4 is 0 Å². The normalized spacial score (nSPS) is 15.6. The SMILES string of the molecule is CCOC(=O)c1ccc(CCCN2CCN(Cc3ccccc3)CC2)cc1. The molecule has 0 radical (unpaired) electrons. The Hall–Kier alpha value is -2.17. The molecule has 0 atom stereocenters. The average Bonchev–Trinajstić information content (AvgIpc) is 2.71. The van der Waals surface area contributed by atoms with Crippen molar-refractivity contribution in [3.8, 4) is 0 Å². The van der Waals surface area contributed by atoms with Crippen LogP contribution >= 0.6 is 0 Å². The lowest BCUT2D eigenvalue weighted by molar-refractivity contribution is 0.0526. The Morgan fingerprint density at radius 2 is 1.56 bits per heavy atom. The molecule has 1 fully saturated rings. The summed E-state index contributed by atoms with van der Waals surface area (Å²) in [5, 5.41) is 0. The minimum absolute atomic E-state index is 0.238. The zero-order chi connectivity index (χ0) is 18.9. The average molecular weight is 367 g/mol. The number of piperazine rings is 1. The molecule has 0 aromatic heterocycles. The molecular formula is C23H30N2O2. The predicted molar refractivity (Wildman–Crippen MR) is 109 cm³/mol. The second-order valence-electron chi connectivity index (χ2n) is 7.12. The summed E-state index contributed by atoms with van der Waals surface area (Å²) in [6.45, 7) is 9.02. The van der Waals surface area contributed by atoms with Crippen LogP contribution in [0.2, 0.25) is 0 Å². The lowest BCUT2D eigenvalue weighted by Gasteiger charge is -2.34. The highest BCUT2D eigenvalue weighted by Crippen LogP contribution is 2.11. The molecule has 0 N–H and O–H groups in total. The van der Waals surface area contributed by atoms with Crippen molar-refractivity contribution in [2.24, 2.45) is 0 Å². The molecule has 4 heteroatoms. The van der Waals surface area contributed by atoms with Crippen LogP contribution in [0.3, 0.4) is 0 Å². The highest BCUT2D eigenvalue weighted by Gasteiger charge is 2.16. The quantitative estimate of drug-likeness (QED) is 0.668. The number of hydrogen-bond donors (Lipinski definition) is 0. The Kier molecular flexibility index (Phi) is 7.43. The molecule has 0 aliphatic carbocycles. The third-order valence-corrected chi connectivity index (χ3v) is 5.12. The molecule has 4 nitrogen and oxygen atoms in total. The largest absolute Gasteiger partial charge is 0.462 e. The van der Waals surface area contributed by atoms with E-state index in [1.54, 1.807) is 0 Å². The third-order valence-electron chi connectivity index (χ3n) is 5.12. The maximum absolute atomic E-state index is 11.7. The van der Waals surface area contributed by atoms with Gasteiger partial charge >= 0.3 is 5.97 Å². The van der Waals surface area contributed by atoms with E-state index < -0.39 is 0 Å². The molecule has 1 saturated heterocycles. The van der Waals surface area contributed by atoms with Gasteiger partial charge in [-0.2, -0.15) is 0 Å². The Labute approximate surface area is 162 Å². The van der Waals surface area contributed by atoms with Gasteiger partial charge in [0.1, 0.15) is 0 Å². The molecule has 2 aromatic carbocycles. The van der Waals surface area contributed by atoms with Crippen molar-refractivity contribution in [2.75, 3.05) is 39.3 Å². The van der Waals surface area contributed by atoms with E-state index in [1.807, 2.05) is 31.2 Å². The summed E-state index contributed by atoms with van der Waals surface area (Å²) >= 11 is 0. The predicted octanol–water partition coefficient (Wildman–Crippen LogP) is 3.61. The number of rotatable bonds is 8. The highest BCUT2D eigenvalue weighted by molar-refractivity contribution is 5.89. The van der Waals surface area contributed by atoms with E-state index in [0.29, 0.717) is 12.2 Å². The summed E-state index contributed by atoms with van der Waals surface area (Å²) < 4.78 is 5.02. The second-order valence-corrected chi connectivity index (χ2v) is 7.12. The van der Waals surface area contributed by atoms with Crippen molar-refractivity contribution in [2.45, 2.75) is 26.3 Å². The van der Waals surface area contributed by atoms with E-state index in [2.05, 4.69) is 40.1 Å². The van der Waals surface area contributed by atoms with Gasteiger partial charge in [0.25, 0.3) is 0 Å². The maximum Gasteiger partial charge on any atom is 0.338 e. The first-order chi connectivity index (χ1) is 13.2. The van der Waals surface area contributed by atoms with E-state index in [4.69, 9.17) is 4.74 Å². The molecule has 144 valence electrons. The fourth-order valence-corrected chi connectivity index (χ4v) is 3.54. The van der Waals surface area contributed by atoms with Crippen LogP contribution in [0, 0.1) is 0 Å². The first-order valence-electron chi connectivity index (χ1n) is 9.99. The van der Waals surface area contributed by atoms with E-state index in [9.17, 15) is 4.79 Å². The number of benzene rings is 2. The maximum atomic E-state index is 11.7. The van der Waals surface area contributed by atoms with Gasteiger partial charge < -0.3 is 9.64 Å². The van der Waals surface area contributed by atoms with Gasteiger partial charge in [0.15, 0.2) is 0 Å². The second kappa shape index (κ2) is 10.2.